The highest BCUT2D eigenvalue weighted by Gasteiger charge is 2.31. The summed E-state index contributed by atoms with van der Waals surface area (Å²) in [4.78, 5) is 17.8. The van der Waals surface area contributed by atoms with Crippen LogP contribution in [-0.2, 0) is 11.3 Å². The third-order valence-electron chi connectivity index (χ3n) is 7.17. The number of nitrogens with zero attached hydrogens (tertiary/aromatic N) is 3. The van der Waals surface area contributed by atoms with Crippen LogP contribution in [0.1, 0.15) is 33.3 Å². The molecule has 0 bridgehead atoms. The molecule has 0 radical (unpaired) electrons. The van der Waals surface area contributed by atoms with Gasteiger partial charge in [0.1, 0.15) is 22.8 Å². The van der Waals surface area contributed by atoms with Crippen molar-refractivity contribution in [2.75, 3.05) is 39.8 Å². The van der Waals surface area contributed by atoms with Crippen molar-refractivity contribution < 1.29 is 18.8 Å². The number of aryl methyl sites for hydroxylation is 1. The van der Waals surface area contributed by atoms with Gasteiger partial charge in [-0.05, 0) is 54.4 Å². The third-order valence-corrected chi connectivity index (χ3v) is 8.03. The Labute approximate surface area is 254 Å². The maximum atomic E-state index is 13.7. The van der Waals surface area contributed by atoms with Crippen LogP contribution < -0.4 is 4.74 Å². The first kappa shape index (κ1) is 29.4. The summed E-state index contributed by atoms with van der Waals surface area (Å²) in [5, 5.41) is 5.63. The van der Waals surface area contributed by atoms with Gasteiger partial charge in [-0.15, -0.1) is 0 Å². The van der Waals surface area contributed by atoms with Crippen molar-refractivity contribution in [1.82, 2.24) is 15.0 Å². The molecule has 0 unspecified atom stereocenters. The van der Waals surface area contributed by atoms with Gasteiger partial charge in [-0.2, -0.15) is 0 Å². The molecule has 5 rings (SSSR count). The molecule has 1 aromatic heterocycles. The van der Waals surface area contributed by atoms with Crippen molar-refractivity contribution in [2.24, 2.45) is 0 Å². The number of amides is 1. The number of ether oxygens (including phenoxy) is 2. The summed E-state index contributed by atoms with van der Waals surface area (Å²) in [6.45, 7) is 5.24. The zero-order valence-corrected chi connectivity index (χ0v) is 25.0. The van der Waals surface area contributed by atoms with E-state index in [0.29, 0.717) is 77.0 Å². The predicted molar refractivity (Wildman–Crippen MR) is 161 cm³/mol. The summed E-state index contributed by atoms with van der Waals surface area (Å²) in [7, 11) is 1.65. The second kappa shape index (κ2) is 13.3. The normalized spacial score (nSPS) is 14.7. The zero-order valence-electron chi connectivity index (χ0n) is 22.8. The molecule has 214 valence electrons. The van der Waals surface area contributed by atoms with Gasteiger partial charge in [0.05, 0.1) is 29.9 Å². The van der Waals surface area contributed by atoms with Crippen molar-refractivity contribution in [3.05, 3.63) is 104 Å². The molecular formula is C31H30Cl3N3O4. The van der Waals surface area contributed by atoms with E-state index < -0.39 is 0 Å². The quantitative estimate of drug-likeness (QED) is 0.197. The molecule has 1 fully saturated rings. The Morgan fingerprint density at radius 3 is 2.39 bits per heavy atom. The summed E-state index contributed by atoms with van der Waals surface area (Å²) in [5.41, 5.74) is 3.25. The lowest BCUT2D eigenvalue weighted by atomic mass is 10.0. The molecule has 0 spiro atoms. The SMILES string of the molecule is COc1cccc([C@H](CN2CCN(C(=O)c3c(-c4c(Cl)cccc4Cl)noc3C)CC2)OCc2cccc(Cl)c2)c1. The van der Waals surface area contributed by atoms with Crippen LogP contribution in [0.15, 0.2) is 71.3 Å². The van der Waals surface area contributed by atoms with Crippen molar-refractivity contribution in [3.63, 3.8) is 0 Å². The van der Waals surface area contributed by atoms with Gasteiger partial charge in [-0.25, -0.2) is 0 Å². The van der Waals surface area contributed by atoms with E-state index in [1.54, 1.807) is 32.2 Å². The maximum Gasteiger partial charge on any atom is 0.259 e. The van der Waals surface area contributed by atoms with Gasteiger partial charge < -0.3 is 18.9 Å². The number of carbonyl (C=O) groups excluding carboxylic acids is 1. The maximum absolute atomic E-state index is 13.7. The van der Waals surface area contributed by atoms with Gasteiger partial charge in [0, 0.05) is 43.3 Å². The average molecular weight is 615 g/mol. The number of benzene rings is 3. The number of halogens is 3. The standard InChI is InChI=1S/C31H30Cl3N3O4/c1-20-28(30(35-41-20)29-25(33)10-5-11-26(29)34)31(38)37-14-12-36(13-15-37)18-27(22-7-4-9-24(17-22)39-2)40-19-21-6-3-8-23(32)16-21/h3-11,16-17,27H,12-15,18-19H2,1-2H3/t27-/m0/s1. The second-order valence-electron chi connectivity index (χ2n) is 9.86. The van der Waals surface area contributed by atoms with Gasteiger partial charge in [0.15, 0.2) is 0 Å². The third kappa shape index (κ3) is 6.88. The molecule has 7 nitrogen and oxygen atoms in total. The molecular weight excluding hydrogens is 585 g/mol. The Morgan fingerprint density at radius 2 is 1.68 bits per heavy atom. The number of aromatic nitrogens is 1. The van der Waals surface area contributed by atoms with E-state index in [2.05, 4.69) is 10.1 Å². The Kier molecular flexibility index (Phi) is 9.53. The van der Waals surface area contributed by atoms with Crippen LogP contribution in [-0.4, -0.2) is 60.7 Å². The summed E-state index contributed by atoms with van der Waals surface area (Å²) in [5.74, 6) is 1.04. The van der Waals surface area contributed by atoms with E-state index in [-0.39, 0.29) is 12.0 Å². The van der Waals surface area contributed by atoms with Crippen LogP contribution in [0.4, 0.5) is 0 Å². The van der Waals surface area contributed by atoms with E-state index in [1.165, 1.54) is 0 Å². The fourth-order valence-electron chi connectivity index (χ4n) is 4.96. The topological polar surface area (TPSA) is 68.0 Å². The number of carbonyl (C=O) groups is 1. The monoisotopic (exact) mass is 613 g/mol. The minimum Gasteiger partial charge on any atom is -0.497 e. The first-order valence-electron chi connectivity index (χ1n) is 13.3. The van der Waals surface area contributed by atoms with Crippen LogP contribution in [0.5, 0.6) is 5.75 Å². The number of methoxy groups -OCH3 is 1. The Balaban J connectivity index is 1.28. The van der Waals surface area contributed by atoms with Gasteiger partial charge >= 0.3 is 0 Å². The lowest BCUT2D eigenvalue weighted by Crippen LogP contribution is -2.49. The molecule has 4 aromatic rings. The number of hydrogen-bond acceptors (Lipinski definition) is 6. The molecule has 41 heavy (non-hydrogen) atoms. The highest BCUT2D eigenvalue weighted by atomic mass is 35.5. The van der Waals surface area contributed by atoms with Crippen molar-refractivity contribution in [2.45, 2.75) is 19.6 Å². The molecule has 10 heteroatoms. The molecule has 1 saturated heterocycles. The highest BCUT2D eigenvalue weighted by molar-refractivity contribution is 6.39. The van der Waals surface area contributed by atoms with Gasteiger partial charge in [0.2, 0.25) is 0 Å². The van der Waals surface area contributed by atoms with Crippen LogP contribution >= 0.6 is 34.8 Å². The zero-order chi connectivity index (χ0) is 28.9. The number of piperazine rings is 1. The van der Waals surface area contributed by atoms with Crippen LogP contribution in [0.25, 0.3) is 11.3 Å². The highest BCUT2D eigenvalue weighted by Crippen LogP contribution is 2.37. The van der Waals surface area contributed by atoms with Crippen molar-refractivity contribution >= 4 is 40.7 Å². The molecule has 0 N–H and O–H groups in total. The number of rotatable bonds is 9. The van der Waals surface area contributed by atoms with E-state index >= 15 is 0 Å². The lowest BCUT2D eigenvalue weighted by molar-refractivity contribution is 0.00333. The largest absolute Gasteiger partial charge is 0.497 e. The first-order chi connectivity index (χ1) is 19.8. The minimum atomic E-state index is -0.208. The molecule has 0 aliphatic carbocycles. The fourth-order valence-corrected chi connectivity index (χ4v) is 5.75. The van der Waals surface area contributed by atoms with E-state index in [0.717, 1.165) is 16.9 Å². The number of hydrogen-bond donors (Lipinski definition) is 0. The minimum absolute atomic E-state index is 0.157. The molecule has 1 amide bonds. The van der Waals surface area contributed by atoms with Crippen LogP contribution in [0, 0.1) is 6.92 Å². The van der Waals surface area contributed by atoms with Crippen molar-refractivity contribution in [1.29, 1.82) is 0 Å². The predicted octanol–water partition coefficient (Wildman–Crippen LogP) is 7.33. The Morgan fingerprint density at radius 1 is 0.976 bits per heavy atom. The summed E-state index contributed by atoms with van der Waals surface area (Å²) < 4.78 is 17.3. The van der Waals surface area contributed by atoms with Crippen LogP contribution in [0.2, 0.25) is 15.1 Å². The molecule has 1 aliphatic heterocycles. The smallest absolute Gasteiger partial charge is 0.259 e. The molecule has 1 atom stereocenters. The van der Waals surface area contributed by atoms with Crippen molar-refractivity contribution in [3.8, 4) is 17.0 Å². The van der Waals surface area contributed by atoms with Gasteiger partial charge in [-0.1, -0.05) is 70.3 Å². The van der Waals surface area contributed by atoms with E-state index in [4.69, 9.17) is 48.8 Å². The Bertz CT molecular complexity index is 1500. The Hall–Kier alpha value is -3.07. The summed E-state index contributed by atoms with van der Waals surface area (Å²) in [6.07, 6.45) is -0.208. The second-order valence-corrected chi connectivity index (χ2v) is 11.1. The average Bonchev–Trinajstić information content (AvgIpc) is 3.35. The van der Waals surface area contributed by atoms with Crippen LogP contribution in [0.3, 0.4) is 0 Å². The summed E-state index contributed by atoms with van der Waals surface area (Å²) in [6, 6.07) is 20.8. The molecule has 3 aromatic carbocycles. The first-order valence-corrected chi connectivity index (χ1v) is 14.4. The lowest BCUT2D eigenvalue weighted by Gasteiger charge is -2.36. The summed E-state index contributed by atoms with van der Waals surface area (Å²) >= 11 is 19.0. The molecule has 1 aliphatic rings. The fraction of sp³-hybridized carbons (Fsp3) is 0.290. The van der Waals surface area contributed by atoms with E-state index in [1.807, 2.05) is 53.4 Å². The van der Waals surface area contributed by atoms with Gasteiger partial charge in [0.25, 0.3) is 5.91 Å². The van der Waals surface area contributed by atoms with E-state index in [9.17, 15) is 4.79 Å². The molecule has 0 saturated carbocycles. The van der Waals surface area contributed by atoms with Gasteiger partial charge in [-0.3, -0.25) is 9.69 Å². The molecule has 2 heterocycles.